The van der Waals surface area contributed by atoms with E-state index in [1.54, 1.807) is 6.20 Å². The number of rotatable bonds is 7. The number of benzene rings is 2. The predicted molar refractivity (Wildman–Crippen MR) is 116 cm³/mol. The van der Waals surface area contributed by atoms with Gasteiger partial charge in [0, 0.05) is 32.4 Å². The molecule has 1 saturated heterocycles. The van der Waals surface area contributed by atoms with Crippen LogP contribution in [0.5, 0.6) is 0 Å². The van der Waals surface area contributed by atoms with Crippen molar-refractivity contribution in [3.05, 3.63) is 83.6 Å². The average molecular weight is 388 g/mol. The molecule has 0 radical (unpaired) electrons. The summed E-state index contributed by atoms with van der Waals surface area (Å²) in [5.41, 5.74) is 2.75. The van der Waals surface area contributed by atoms with Gasteiger partial charge >= 0.3 is 0 Å². The number of nitriles is 1. The third-order valence-electron chi connectivity index (χ3n) is 5.57. The van der Waals surface area contributed by atoms with Gasteiger partial charge in [-0.05, 0) is 43.2 Å². The van der Waals surface area contributed by atoms with E-state index < -0.39 is 0 Å². The van der Waals surface area contributed by atoms with Gasteiger partial charge in [-0.1, -0.05) is 60.7 Å². The highest BCUT2D eigenvalue weighted by Gasteiger charge is 2.25. The fourth-order valence-corrected chi connectivity index (χ4v) is 3.84. The third kappa shape index (κ3) is 5.96. The molecule has 4 nitrogen and oxygen atoms in total. The molecular formula is C25H29N3O. The maximum atomic E-state index is 12.9. The Morgan fingerprint density at radius 3 is 2.21 bits per heavy atom. The van der Waals surface area contributed by atoms with Gasteiger partial charge in [0.15, 0.2) is 0 Å². The Morgan fingerprint density at radius 1 is 1.07 bits per heavy atom. The zero-order valence-electron chi connectivity index (χ0n) is 17.1. The largest absolute Gasteiger partial charge is 0.372 e. The molecule has 0 aromatic heterocycles. The summed E-state index contributed by atoms with van der Waals surface area (Å²) in [5, 5.41) is 9.59. The van der Waals surface area contributed by atoms with Crippen LogP contribution >= 0.6 is 0 Å². The average Bonchev–Trinajstić information content (AvgIpc) is 2.78. The first-order valence-electron chi connectivity index (χ1n) is 10.4. The molecule has 0 unspecified atom stereocenters. The first-order chi connectivity index (χ1) is 14.2. The quantitative estimate of drug-likeness (QED) is 0.523. The Kier molecular flexibility index (Phi) is 7.47. The summed E-state index contributed by atoms with van der Waals surface area (Å²) in [5.74, 6) is 0.457. The van der Waals surface area contributed by atoms with Gasteiger partial charge < -0.3 is 9.80 Å². The lowest BCUT2D eigenvalue weighted by atomic mass is 9.90. The van der Waals surface area contributed by atoms with E-state index in [-0.39, 0.29) is 11.5 Å². The first-order valence-corrected chi connectivity index (χ1v) is 10.4. The summed E-state index contributed by atoms with van der Waals surface area (Å²) in [7, 11) is 0. The van der Waals surface area contributed by atoms with Crippen LogP contribution in [0, 0.1) is 17.2 Å². The zero-order chi connectivity index (χ0) is 20.5. The second-order valence-corrected chi connectivity index (χ2v) is 7.63. The van der Waals surface area contributed by atoms with Crippen molar-refractivity contribution in [3.8, 4) is 6.07 Å². The normalized spacial score (nSPS) is 15.0. The molecule has 0 N–H and O–H groups in total. The minimum absolute atomic E-state index is 0.142. The molecule has 0 spiro atoms. The van der Waals surface area contributed by atoms with Crippen molar-refractivity contribution in [2.75, 3.05) is 19.6 Å². The summed E-state index contributed by atoms with van der Waals surface area (Å²) in [4.78, 5) is 16.8. The van der Waals surface area contributed by atoms with E-state index in [0.29, 0.717) is 12.5 Å². The van der Waals surface area contributed by atoms with Gasteiger partial charge in [-0.3, -0.25) is 4.79 Å². The van der Waals surface area contributed by atoms with Crippen molar-refractivity contribution >= 4 is 5.91 Å². The van der Waals surface area contributed by atoms with Crippen molar-refractivity contribution in [3.63, 3.8) is 0 Å². The number of hydrogen-bond donors (Lipinski definition) is 0. The van der Waals surface area contributed by atoms with E-state index >= 15 is 0 Å². The molecule has 150 valence electrons. The van der Waals surface area contributed by atoms with Gasteiger partial charge in [0.2, 0.25) is 0 Å². The van der Waals surface area contributed by atoms with Crippen LogP contribution < -0.4 is 0 Å². The molecule has 3 rings (SSSR count). The summed E-state index contributed by atoms with van der Waals surface area (Å²) < 4.78 is 0. The topological polar surface area (TPSA) is 47.3 Å². The van der Waals surface area contributed by atoms with Crippen LogP contribution in [-0.2, 0) is 17.8 Å². The third-order valence-corrected chi connectivity index (χ3v) is 5.57. The molecular weight excluding hydrogens is 358 g/mol. The standard InChI is InChI=1S/C25H29N3O/c1-2-27(19-23-11-7-4-8-12-23)20-24(18-26)25(29)28-15-13-22(14-16-28)17-21-9-5-3-6-10-21/h3-12,20,22H,2,13-17,19H2,1H3/b24-20-. The van der Waals surface area contributed by atoms with Gasteiger partial charge in [-0.15, -0.1) is 0 Å². The minimum atomic E-state index is -0.142. The van der Waals surface area contributed by atoms with E-state index in [2.05, 4.69) is 42.5 Å². The van der Waals surface area contributed by atoms with E-state index in [1.165, 1.54) is 5.56 Å². The minimum Gasteiger partial charge on any atom is -0.372 e. The van der Waals surface area contributed by atoms with Crippen molar-refractivity contribution in [2.24, 2.45) is 5.92 Å². The Labute approximate surface area is 174 Å². The van der Waals surface area contributed by atoms with Gasteiger partial charge in [0.05, 0.1) is 0 Å². The fourth-order valence-electron chi connectivity index (χ4n) is 3.84. The summed E-state index contributed by atoms with van der Waals surface area (Å²) >= 11 is 0. The second kappa shape index (κ2) is 10.5. The molecule has 0 saturated carbocycles. The SMILES string of the molecule is CCN(/C=C(/C#N)C(=O)N1CCC(Cc2ccccc2)CC1)Cc1ccccc1. The van der Waals surface area contributed by atoms with Crippen LogP contribution in [0.1, 0.15) is 30.9 Å². The van der Waals surface area contributed by atoms with Crippen LogP contribution in [-0.4, -0.2) is 35.3 Å². The van der Waals surface area contributed by atoms with Crippen molar-refractivity contribution < 1.29 is 4.79 Å². The molecule has 1 fully saturated rings. The number of amides is 1. The molecule has 1 aliphatic heterocycles. The van der Waals surface area contributed by atoms with Crippen LogP contribution in [0.2, 0.25) is 0 Å². The van der Waals surface area contributed by atoms with Crippen LogP contribution in [0.25, 0.3) is 0 Å². The van der Waals surface area contributed by atoms with E-state index in [9.17, 15) is 10.1 Å². The van der Waals surface area contributed by atoms with Crippen molar-refractivity contribution in [1.29, 1.82) is 5.26 Å². The van der Waals surface area contributed by atoms with Gasteiger partial charge in [-0.2, -0.15) is 5.26 Å². The van der Waals surface area contributed by atoms with Gasteiger partial charge in [-0.25, -0.2) is 0 Å². The van der Waals surface area contributed by atoms with Crippen LogP contribution in [0.15, 0.2) is 72.4 Å². The summed E-state index contributed by atoms with van der Waals surface area (Å²) in [6, 6.07) is 22.8. The Bertz CT molecular complexity index is 847. The summed E-state index contributed by atoms with van der Waals surface area (Å²) in [6.07, 6.45) is 4.76. The highest BCUT2D eigenvalue weighted by molar-refractivity contribution is 5.97. The van der Waals surface area contributed by atoms with Crippen LogP contribution in [0.4, 0.5) is 0 Å². The van der Waals surface area contributed by atoms with E-state index in [0.717, 1.165) is 44.5 Å². The molecule has 4 heteroatoms. The molecule has 1 aliphatic rings. The maximum Gasteiger partial charge on any atom is 0.266 e. The highest BCUT2D eigenvalue weighted by atomic mass is 16.2. The Hall–Kier alpha value is -3.06. The lowest BCUT2D eigenvalue weighted by Crippen LogP contribution is -2.39. The second-order valence-electron chi connectivity index (χ2n) is 7.63. The van der Waals surface area contributed by atoms with Gasteiger partial charge in [0.25, 0.3) is 5.91 Å². The van der Waals surface area contributed by atoms with Crippen molar-refractivity contribution in [1.82, 2.24) is 9.80 Å². The molecule has 0 bridgehead atoms. The number of piperidine rings is 1. The molecule has 29 heavy (non-hydrogen) atoms. The number of likely N-dealkylation sites (tertiary alicyclic amines) is 1. The highest BCUT2D eigenvalue weighted by Crippen LogP contribution is 2.23. The van der Waals surface area contributed by atoms with Crippen LogP contribution in [0.3, 0.4) is 0 Å². The Balaban J connectivity index is 1.58. The number of carbonyl (C=O) groups excluding carboxylic acids is 1. The number of nitrogens with zero attached hydrogens (tertiary/aromatic N) is 3. The summed E-state index contributed by atoms with van der Waals surface area (Å²) in [6.45, 7) is 4.91. The monoisotopic (exact) mass is 387 g/mol. The molecule has 0 atom stereocenters. The fraction of sp³-hybridized carbons (Fsp3) is 0.360. The van der Waals surface area contributed by atoms with E-state index in [1.807, 2.05) is 41.0 Å². The molecule has 1 heterocycles. The van der Waals surface area contributed by atoms with E-state index in [4.69, 9.17) is 0 Å². The zero-order valence-corrected chi connectivity index (χ0v) is 17.1. The number of carbonyl (C=O) groups is 1. The lowest BCUT2D eigenvalue weighted by molar-refractivity contribution is -0.128. The predicted octanol–water partition coefficient (Wildman–Crippen LogP) is 4.40. The molecule has 0 aliphatic carbocycles. The molecule has 2 aromatic rings. The molecule has 1 amide bonds. The first kappa shape index (κ1) is 20.7. The maximum absolute atomic E-state index is 12.9. The lowest BCUT2D eigenvalue weighted by Gasteiger charge is -2.32. The smallest absolute Gasteiger partial charge is 0.266 e. The van der Waals surface area contributed by atoms with Gasteiger partial charge in [0.1, 0.15) is 11.6 Å². The molecule has 2 aromatic carbocycles. The number of hydrogen-bond acceptors (Lipinski definition) is 3. The van der Waals surface area contributed by atoms with Crippen molar-refractivity contribution in [2.45, 2.75) is 32.7 Å². The Morgan fingerprint density at radius 2 is 1.66 bits per heavy atom.